The normalized spacial score (nSPS) is 16.9. The second kappa shape index (κ2) is 5.97. The highest BCUT2D eigenvalue weighted by molar-refractivity contribution is 7.17. The Labute approximate surface area is 104 Å². The first-order valence-corrected chi connectivity index (χ1v) is 6.73. The predicted molar refractivity (Wildman–Crippen MR) is 67.9 cm³/mol. The van der Waals surface area contributed by atoms with Gasteiger partial charge in [-0.15, -0.1) is 0 Å². The fraction of sp³-hybridized carbons (Fsp3) is 0.636. The fourth-order valence-electron chi connectivity index (χ4n) is 1.96. The molecule has 17 heavy (non-hydrogen) atoms. The zero-order valence-corrected chi connectivity index (χ0v) is 10.5. The van der Waals surface area contributed by atoms with E-state index in [-0.39, 0.29) is 4.88 Å². The predicted octanol–water partition coefficient (Wildman–Crippen LogP) is 1.74. The number of hydrogen-bond acceptors (Lipinski definition) is 5. The first-order chi connectivity index (χ1) is 8.25. The maximum atomic E-state index is 10.7. The van der Waals surface area contributed by atoms with Crippen molar-refractivity contribution in [3.05, 3.63) is 11.1 Å². The first kappa shape index (κ1) is 12.3. The van der Waals surface area contributed by atoms with Crippen molar-refractivity contribution in [2.75, 3.05) is 31.5 Å². The molecule has 2 heterocycles. The summed E-state index contributed by atoms with van der Waals surface area (Å²) >= 11 is 1.19. The number of carbonyl (C=O) groups is 1. The highest BCUT2D eigenvalue weighted by atomic mass is 32.1. The number of aromatic nitrogens is 1. The summed E-state index contributed by atoms with van der Waals surface area (Å²) in [7, 11) is 0. The highest BCUT2D eigenvalue weighted by Crippen LogP contribution is 2.17. The van der Waals surface area contributed by atoms with E-state index in [0.29, 0.717) is 5.13 Å². The van der Waals surface area contributed by atoms with E-state index < -0.39 is 5.97 Å². The van der Waals surface area contributed by atoms with E-state index in [4.69, 9.17) is 5.11 Å². The maximum absolute atomic E-state index is 10.7. The van der Waals surface area contributed by atoms with Crippen LogP contribution in [0.1, 0.15) is 28.9 Å². The summed E-state index contributed by atoms with van der Waals surface area (Å²) in [4.78, 5) is 17.4. The first-order valence-electron chi connectivity index (χ1n) is 5.91. The minimum Gasteiger partial charge on any atom is -0.477 e. The monoisotopic (exact) mass is 255 g/mol. The number of rotatable bonds is 5. The molecule has 1 fully saturated rings. The molecule has 1 aliphatic rings. The molecule has 0 aromatic carbocycles. The fourth-order valence-corrected chi connectivity index (χ4v) is 2.64. The molecule has 1 aliphatic heterocycles. The van der Waals surface area contributed by atoms with E-state index in [0.717, 1.165) is 13.1 Å². The molecule has 0 saturated carbocycles. The van der Waals surface area contributed by atoms with Gasteiger partial charge in [0.1, 0.15) is 4.88 Å². The van der Waals surface area contributed by atoms with E-state index >= 15 is 0 Å². The van der Waals surface area contributed by atoms with Gasteiger partial charge in [0.05, 0.1) is 6.20 Å². The number of carboxylic acid groups (broad SMARTS) is 1. The van der Waals surface area contributed by atoms with E-state index in [2.05, 4.69) is 15.2 Å². The molecule has 1 aromatic rings. The zero-order chi connectivity index (χ0) is 12.1. The van der Waals surface area contributed by atoms with Crippen molar-refractivity contribution in [1.29, 1.82) is 0 Å². The summed E-state index contributed by atoms with van der Waals surface area (Å²) in [6.45, 7) is 4.19. The molecule has 0 unspecified atom stereocenters. The summed E-state index contributed by atoms with van der Waals surface area (Å²) < 4.78 is 0. The molecule has 0 amide bonds. The molecule has 0 spiro atoms. The van der Waals surface area contributed by atoms with Gasteiger partial charge < -0.3 is 15.3 Å². The number of carboxylic acids is 1. The molecular weight excluding hydrogens is 238 g/mol. The van der Waals surface area contributed by atoms with Crippen molar-refractivity contribution < 1.29 is 9.90 Å². The van der Waals surface area contributed by atoms with Gasteiger partial charge in [-0.2, -0.15) is 0 Å². The summed E-state index contributed by atoms with van der Waals surface area (Å²) in [6.07, 6.45) is 5.33. The number of hydrogen-bond donors (Lipinski definition) is 2. The average molecular weight is 255 g/mol. The molecule has 0 atom stereocenters. The molecule has 94 valence electrons. The second-order valence-corrected chi connectivity index (χ2v) is 5.19. The summed E-state index contributed by atoms with van der Waals surface area (Å²) in [5, 5.41) is 12.6. The van der Waals surface area contributed by atoms with Gasteiger partial charge in [0.15, 0.2) is 5.13 Å². The van der Waals surface area contributed by atoms with Gasteiger partial charge in [0.2, 0.25) is 0 Å². The summed E-state index contributed by atoms with van der Waals surface area (Å²) in [5.74, 6) is -0.911. The lowest BCUT2D eigenvalue weighted by molar-refractivity contribution is 0.0702. The van der Waals surface area contributed by atoms with E-state index in [1.165, 1.54) is 49.9 Å². The summed E-state index contributed by atoms with van der Waals surface area (Å²) in [5.41, 5.74) is 0. The number of thiazole rings is 1. The Morgan fingerprint density at radius 1 is 1.47 bits per heavy atom. The van der Waals surface area contributed by atoms with Gasteiger partial charge >= 0.3 is 5.97 Å². The topological polar surface area (TPSA) is 65.5 Å². The third-order valence-corrected chi connectivity index (χ3v) is 3.81. The summed E-state index contributed by atoms with van der Waals surface area (Å²) in [6, 6.07) is 0. The van der Waals surface area contributed by atoms with E-state index in [1.807, 2.05) is 0 Å². The van der Waals surface area contributed by atoms with Crippen LogP contribution in [0.3, 0.4) is 0 Å². The van der Waals surface area contributed by atoms with E-state index in [1.54, 1.807) is 0 Å². The lowest BCUT2D eigenvalue weighted by Gasteiger charge is -2.26. The van der Waals surface area contributed by atoms with Crippen LogP contribution in [0.25, 0.3) is 0 Å². The van der Waals surface area contributed by atoms with Gasteiger partial charge in [0, 0.05) is 13.1 Å². The van der Waals surface area contributed by atoms with Crippen molar-refractivity contribution >= 4 is 22.4 Å². The SMILES string of the molecule is O=C(O)c1cnc(NCCN2CCCCC2)s1. The number of aromatic carboxylic acids is 1. The quantitative estimate of drug-likeness (QED) is 0.839. The van der Waals surface area contributed by atoms with Crippen LogP contribution in [0.15, 0.2) is 6.20 Å². The largest absolute Gasteiger partial charge is 0.477 e. The van der Waals surface area contributed by atoms with Crippen LogP contribution in [0, 0.1) is 0 Å². The Bertz CT molecular complexity index is 375. The Balaban J connectivity index is 1.71. The number of nitrogens with one attached hydrogen (secondary N) is 1. The molecule has 1 saturated heterocycles. The maximum Gasteiger partial charge on any atom is 0.347 e. The van der Waals surface area contributed by atoms with Crippen molar-refractivity contribution in [3.63, 3.8) is 0 Å². The van der Waals surface area contributed by atoms with Crippen molar-refractivity contribution in [2.45, 2.75) is 19.3 Å². The molecule has 1 aromatic heterocycles. The van der Waals surface area contributed by atoms with E-state index in [9.17, 15) is 4.79 Å². The Hall–Kier alpha value is -1.14. The molecule has 0 aliphatic carbocycles. The van der Waals surface area contributed by atoms with Crippen molar-refractivity contribution in [1.82, 2.24) is 9.88 Å². The number of anilines is 1. The van der Waals surface area contributed by atoms with Gasteiger partial charge in [-0.1, -0.05) is 17.8 Å². The molecule has 0 bridgehead atoms. The van der Waals surface area contributed by atoms with Crippen LogP contribution in [-0.4, -0.2) is 47.1 Å². The minimum atomic E-state index is -0.911. The lowest BCUT2D eigenvalue weighted by Crippen LogP contribution is -2.33. The van der Waals surface area contributed by atoms with Crippen molar-refractivity contribution in [3.8, 4) is 0 Å². The van der Waals surface area contributed by atoms with Gasteiger partial charge in [-0.05, 0) is 25.9 Å². The van der Waals surface area contributed by atoms with Gasteiger partial charge in [-0.25, -0.2) is 9.78 Å². The molecular formula is C11H17N3O2S. The second-order valence-electron chi connectivity index (χ2n) is 4.16. The van der Waals surface area contributed by atoms with Crippen LogP contribution in [-0.2, 0) is 0 Å². The zero-order valence-electron chi connectivity index (χ0n) is 9.69. The Morgan fingerprint density at radius 3 is 2.88 bits per heavy atom. The smallest absolute Gasteiger partial charge is 0.347 e. The minimum absolute atomic E-state index is 0.283. The highest BCUT2D eigenvalue weighted by Gasteiger charge is 2.10. The van der Waals surface area contributed by atoms with Gasteiger partial charge in [0.25, 0.3) is 0 Å². The molecule has 5 nitrogen and oxygen atoms in total. The Kier molecular flexibility index (Phi) is 4.33. The van der Waals surface area contributed by atoms with Crippen LogP contribution in [0.5, 0.6) is 0 Å². The number of likely N-dealkylation sites (tertiary alicyclic amines) is 1. The van der Waals surface area contributed by atoms with Crippen LogP contribution < -0.4 is 5.32 Å². The number of nitrogens with zero attached hydrogens (tertiary/aromatic N) is 2. The molecule has 6 heteroatoms. The average Bonchev–Trinajstić information content (AvgIpc) is 2.79. The van der Waals surface area contributed by atoms with Crippen LogP contribution in [0.4, 0.5) is 5.13 Å². The molecule has 0 radical (unpaired) electrons. The molecule has 2 N–H and O–H groups in total. The van der Waals surface area contributed by atoms with Crippen LogP contribution in [0.2, 0.25) is 0 Å². The Morgan fingerprint density at radius 2 is 2.24 bits per heavy atom. The van der Waals surface area contributed by atoms with Gasteiger partial charge in [-0.3, -0.25) is 0 Å². The van der Waals surface area contributed by atoms with Crippen molar-refractivity contribution in [2.24, 2.45) is 0 Å². The third-order valence-electron chi connectivity index (χ3n) is 2.87. The standard InChI is InChI=1S/C11H17N3O2S/c15-10(16)9-8-13-11(17-9)12-4-7-14-5-2-1-3-6-14/h8H,1-7H2,(H,12,13)(H,15,16). The molecule has 2 rings (SSSR count). The lowest BCUT2D eigenvalue weighted by atomic mass is 10.1. The third kappa shape index (κ3) is 3.67. The number of piperidine rings is 1. The van der Waals surface area contributed by atoms with Crippen LogP contribution >= 0.6 is 11.3 Å².